The Labute approximate surface area is 93.3 Å². The number of fused-ring (bicyclic) bond motifs is 1. The van der Waals surface area contributed by atoms with Gasteiger partial charge in [0.15, 0.2) is 0 Å². The van der Waals surface area contributed by atoms with Crippen molar-refractivity contribution >= 4 is 27.9 Å². The van der Waals surface area contributed by atoms with E-state index < -0.39 is 0 Å². The van der Waals surface area contributed by atoms with E-state index in [1.165, 1.54) is 5.57 Å². The highest BCUT2D eigenvalue weighted by atomic mass is 14.8. The van der Waals surface area contributed by atoms with Crippen molar-refractivity contribution in [3.63, 3.8) is 0 Å². The molecular weight excluding hydrogens is 198 g/mol. The zero-order valence-corrected chi connectivity index (χ0v) is 8.94. The molecule has 1 aliphatic heterocycles. The molecule has 1 aromatic carbocycles. The second-order valence-corrected chi connectivity index (χ2v) is 3.89. The second-order valence-electron chi connectivity index (χ2n) is 3.89. The smallest absolute Gasteiger partial charge is 0.0723 e. The van der Waals surface area contributed by atoms with Crippen molar-refractivity contribution in [2.45, 2.75) is 6.92 Å². The van der Waals surface area contributed by atoms with Crippen LogP contribution in [0.5, 0.6) is 0 Å². The number of aliphatic imine (C=N–C) groups is 1. The van der Waals surface area contributed by atoms with Crippen LogP contribution in [-0.2, 0) is 0 Å². The van der Waals surface area contributed by atoms with Crippen molar-refractivity contribution in [3.05, 3.63) is 42.2 Å². The van der Waals surface area contributed by atoms with E-state index in [9.17, 15) is 0 Å². The van der Waals surface area contributed by atoms with Crippen LogP contribution in [0.2, 0.25) is 0 Å². The summed E-state index contributed by atoms with van der Waals surface area (Å²) in [6, 6.07) is 7.94. The number of benzene rings is 1. The lowest BCUT2D eigenvalue weighted by Gasteiger charge is -2.13. The van der Waals surface area contributed by atoms with Crippen molar-refractivity contribution in [1.82, 2.24) is 4.98 Å². The topological polar surface area (TPSA) is 51.3 Å². The average Bonchev–Trinajstić information content (AvgIpc) is 2.28. The molecule has 0 radical (unpaired) electrons. The van der Waals surface area contributed by atoms with Crippen LogP contribution in [0.1, 0.15) is 12.5 Å². The van der Waals surface area contributed by atoms with Gasteiger partial charge in [-0.25, -0.2) is 0 Å². The van der Waals surface area contributed by atoms with Gasteiger partial charge in [0.05, 0.1) is 5.52 Å². The summed E-state index contributed by atoms with van der Waals surface area (Å²) in [5.74, 6) is 0. The van der Waals surface area contributed by atoms with E-state index in [-0.39, 0.29) is 0 Å². The molecule has 1 aliphatic rings. The maximum Gasteiger partial charge on any atom is 0.0723 e. The molecule has 0 saturated heterocycles. The fraction of sp³-hybridized carbons (Fsp3) is 0.0769. The van der Waals surface area contributed by atoms with Crippen LogP contribution in [0, 0.1) is 0 Å². The summed E-state index contributed by atoms with van der Waals surface area (Å²) in [5, 5.41) is 1.00. The Hall–Kier alpha value is -2.16. The Morgan fingerprint density at radius 1 is 1.19 bits per heavy atom. The van der Waals surface area contributed by atoms with Gasteiger partial charge in [0.2, 0.25) is 0 Å². The number of hydrogen-bond acceptors (Lipinski definition) is 3. The van der Waals surface area contributed by atoms with Crippen molar-refractivity contribution in [3.8, 4) is 0 Å². The number of pyridine rings is 1. The summed E-state index contributed by atoms with van der Waals surface area (Å²) >= 11 is 0. The molecule has 3 heteroatoms. The van der Waals surface area contributed by atoms with E-state index in [1.54, 1.807) is 6.20 Å². The molecule has 2 heterocycles. The highest BCUT2D eigenvalue weighted by Crippen LogP contribution is 2.27. The number of allylic oxidation sites excluding steroid dienone is 1. The van der Waals surface area contributed by atoms with Crippen LogP contribution in [0.15, 0.2) is 41.7 Å². The van der Waals surface area contributed by atoms with Gasteiger partial charge in [-0.3, -0.25) is 9.98 Å². The molecule has 0 atom stereocenters. The molecule has 0 saturated carbocycles. The molecule has 16 heavy (non-hydrogen) atoms. The van der Waals surface area contributed by atoms with Crippen molar-refractivity contribution < 1.29 is 0 Å². The number of nitrogens with two attached hydrogens (primary N) is 1. The van der Waals surface area contributed by atoms with Crippen LogP contribution >= 0.6 is 0 Å². The monoisotopic (exact) mass is 209 g/mol. The van der Waals surface area contributed by atoms with E-state index >= 15 is 0 Å². The molecular formula is C13H11N3. The van der Waals surface area contributed by atoms with E-state index in [4.69, 9.17) is 5.73 Å². The first kappa shape index (κ1) is 9.09. The lowest BCUT2D eigenvalue weighted by Crippen LogP contribution is -2.03. The summed E-state index contributed by atoms with van der Waals surface area (Å²) in [4.78, 5) is 8.41. The first-order valence-corrected chi connectivity index (χ1v) is 5.15. The van der Waals surface area contributed by atoms with Gasteiger partial charge in [-0.15, -0.1) is 0 Å². The average molecular weight is 209 g/mol. The van der Waals surface area contributed by atoms with Crippen LogP contribution in [0.3, 0.4) is 0 Å². The normalized spacial score (nSPS) is 14.3. The standard InChI is InChI=1S/C13H11N3/c1-8-11(7-16-8)9-2-3-13-10(6-9)12(14)4-5-15-13/h2-7H,1H3,(H2,14,15). The maximum absolute atomic E-state index is 5.93. The Morgan fingerprint density at radius 3 is 2.75 bits per heavy atom. The van der Waals surface area contributed by atoms with Crippen molar-refractivity contribution in [2.75, 3.05) is 5.73 Å². The number of nitrogen functional groups attached to an aromatic ring is 1. The fourth-order valence-corrected chi connectivity index (χ4v) is 1.88. The molecule has 0 spiro atoms. The predicted molar refractivity (Wildman–Crippen MR) is 67.2 cm³/mol. The third-order valence-electron chi connectivity index (χ3n) is 2.86. The van der Waals surface area contributed by atoms with Crippen LogP contribution in [0.4, 0.5) is 5.69 Å². The minimum absolute atomic E-state index is 0.765. The molecule has 0 fully saturated rings. The van der Waals surface area contributed by atoms with Crippen LogP contribution in [0.25, 0.3) is 16.5 Å². The minimum Gasteiger partial charge on any atom is -0.398 e. The van der Waals surface area contributed by atoms with Gasteiger partial charge < -0.3 is 5.73 Å². The van der Waals surface area contributed by atoms with Gasteiger partial charge in [-0.2, -0.15) is 0 Å². The minimum atomic E-state index is 0.765. The number of nitrogens with zero attached hydrogens (tertiary/aromatic N) is 2. The SMILES string of the molecule is CC1=NC=C1c1ccc2nccc(N)c2c1. The third-order valence-corrected chi connectivity index (χ3v) is 2.86. The Balaban J connectivity index is 2.19. The van der Waals surface area contributed by atoms with Gasteiger partial charge in [0, 0.05) is 34.8 Å². The number of anilines is 1. The summed E-state index contributed by atoms with van der Waals surface area (Å²) in [5.41, 5.74) is 11.0. The van der Waals surface area contributed by atoms with Gasteiger partial charge in [-0.1, -0.05) is 6.07 Å². The maximum atomic E-state index is 5.93. The summed E-state index contributed by atoms with van der Waals surface area (Å²) in [7, 11) is 0. The highest BCUT2D eigenvalue weighted by Gasteiger charge is 2.12. The molecule has 3 nitrogen and oxygen atoms in total. The third kappa shape index (κ3) is 1.21. The second kappa shape index (κ2) is 3.17. The molecule has 3 rings (SSSR count). The largest absolute Gasteiger partial charge is 0.398 e. The van der Waals surface area contributed by atoms with E-state index in [1.807, 2.05) is 25.3 Å². The molecule has 0 unspecified atom stereocenters. The van der Waals surface area contributed by atoms with Crippen molar-refractivity contribution in [2.24, 2.45) is 4.99 Å². The first-order valence-electron chi connectivity index (χ1n) is 5.15. The molecule has 0 amide bonds. The van der Waals surface area contributed by atoms with Crippen LogP contribution in [-0.4, -0.2) is 10.7 Å². The fourth-order valence-electron chi connectivity index (χ4n) is 1.88. The number of hydrogen-bond donors (Lipinski definition) is 1. The van der Waals surface area contributed by atoms with Gasteiger partial charge >= 0.3 is 0 Å². The van der Waals surface area contributed by atoms with Gasteiger partial charge in [0.1, 0.15) is 0 Å². The van der Waals surface area contributed by atoms with Crippen LogP contribution < -0.4 is 5.73 Å². The molecule has 1 aromatic heterocycles. The Morgan fingerprint density at radius 2 is 2.06 bits per heavy atom. The van der Waals surface area contributed by atoms with E-state index in [2.05, 4.69) is 22.1 Å². The quantitative estimate of drug-likeness (QED) is 0.784. The van der Waals surface area contributed by atoms with Gasteiger partial charge in [0.25, 0.3) is 0 Å². The molecule has 2 N–H and O–H groups in total. The summed E-state index contributed by atoms with van der Waals surface area (Å²) < 4.78 is 0. The van der Waals surface area contributed by atoms with Crippen molar-refractivity contribution in [1.29, 1.82) is 0 Å². The summed E-state index contributed by atoms with van der Waals surface area (Å²) in [6.07, 6.45) is 3.61. The first-order chi connectivity index (χ1) is 7.75. The zero-order chi connectivity index (χ0) is 11.1. The lowest BCUT2D eigenvalue weighted by molar-refractivity contribution is 1.40. The highest BCUT2D eigenvalue weighted by molar-refractivity contribution is 6.27. The molecule has 2 aromatic rings. The predicted octanol–water partition coefficient (Wildman–Crippen LogP) is 2.63. The molecule has 78 valence electrons. The lowest BCUT2D eigenvalue weighted by atomic mass is 9.98. The number of rotatable bonds is 1. The van der Waals surface area contributed by atoms with Gasteiger partial charge in [-0.05, 0) is 30.7 Å². The summed E-state index contributed by atoms with van der Waals surface area (Å²) in [6.45, 7) is 2.01. The van der Waals surface area contributed by atoms with E-state index in [0.29, 0.717) is 0 Å². The Bertz CT molecular complexity index is 639. The van der Waals surface area contributed by atoms with E-state index in [0.717, 1.165) is 27.9 Å². The molecule has 0 bridgehead atoms. The molecule has 0 aliphatic carbocycles. The zero-order valence-electron chi connectivity index (χ0n) is 8.94. The number of aromatic nitrogens is 1. The Kier molecular flexibility index (Phi) is 1.80.